The van der Waals surface area contributed by atoms with Crippen LogP contribution in [-0.4, -0.2) is 15.8 Å². The van der Waals surface area contributed by atoms with Gasteiger partial charge in [0.05, 0.1) is 5.69 Å². The molecule has 1 heterocycles. The molecule has 3 nitrogen and oxygen atoms in total. The molecule has 0 atom stereocenters. The van der Waals surface area contributed by atoms with Gasteiger partial charge in [-0.3, -0.25) is 4.68 Å². The molecular formula is C17H22ClN3. The Bertz CT molecular complexity index is 641. The number of aryl methyl sites for hydroxylation is 1. The maximum atomic E-state index is 6.44. The molecule has 1 aromatic carbocycles. The molecule has 1 saturated carbocycles. The standard InChI is InChI=1S/C17H22ClN3/c1-11(2)21-10-16(12(3)20-21)13-4-5-14(17(18)8-13)9-19-15-6-7-15/h4-5,8,10-11,15,19H,6-7,9H2,1-3H3. The molecule has 0 saturated heterocycles. The third kappa shape index (κ3) is 3.30. The van der Waals surface area contributed by atoms with Crippen LogP contribution in [0.1, 0.15) is 44.0 Å². The summed E-state index contributed by atoms with van der Waals surface area (Å²) in [6, 6.07) is 7.39. The summed E-state index contributed by atoms with van der Waals surface area (Å²) in [4.78, 5) is 0. The number of aromatic nitrogens is 2. The van der Waals surface area contributed by atoms with Gasteiger partial charge in [-0.2, -0.15) is 5.10 Å². The van der Waals surface area contributed by atoms with Gasteiger partial charge < -0.3 is 5.32 Å². The zero-order chi connectivity index (χ0) is 15.0. The molecule has 2 aromatic rings. The van der Waals surface area contributed by atoms with Gasteiger partial charge in [-0.05, 0) is 50.8 Å². The number of halogens is 1. The van der Waals surface area contributed by atoms with Gasteiger partial charge in [0.2, 0.25) is 0 Å². The third-order valence-corrected chi connectivity index (χ3v) is 4.32. The van der Waals surface area contributed by atoms with Crippen LogP contribution < -0.4 is 5.32 Å². The lowest BCUT2D eigenvalue weighted by Gasteiger charge is -2.08. The van der Waals surface area contributed by atoms with Crippen LogP contribution in [-0.2, 0) is 6.54 Å². The molecule has 1 aromatic heterocycles. The second-order valence-electron chi connectivity index (χ2n) is 6.16. The van der Waals surface area contributed by atoms with E-state index >= 15 is 0 Å². The summed E-state index contributed by atoms with van der Waals surface area (Å²) in [7, 11) is 0. The van der Waals surface area contributed by atoms with E-state index in [9.17, 15) is 0 Å². The smallest absolute Gasteiger partial charge is 0.0672 e. The van der Waals surface area contributed by atoms with E-state index in [1.165, 1.54) is 18.4 Å². The molecule has 1 fully saturated rings. The van der Waals surface area contributed by atoms with Crippen molar-refractivity contribution in [1.82, 2.24) is 15.1 Å². The van der Waals surface area contributed by atoms with Gasteiger partial charge in [-0.25, -0.2) is 0 Å². The fourth-order valence-electron chi connectivity index (χ4n) is 2.43. The number of hydrogen-bond donors (Lipinski definition) is 1. The van der Waals surface area contributed by atoms with E-state index < -0.39 is 0 Å². The molecule has 0 unspecified atom stereocenters. The molecule has 0 bridgehead atoms. The number of nitrogens with one attached hydrogen (secondary N) is 1. The minimum absolute atomic E-state index is 0.370. The molecule has 0 aliphatic heterocycles. The Hall–Kier alpha value is -1.32. The summed E-state index contributed by atoms with van der Waals surface area (Å²) in [5, 5.41) is 8.90. The minimum Gasteiger partial charge on any atom is -0.310 e. The summed E-state index contributed by atoms with van der Waals surface area (Å²) in [5.41, 5.74) is 4.51. The predicted molar refractivity (Wildman–Crippen MR) is 87.7 cm³/mol. The Balaban J connectivity index is 1.83. The first-order valence-corrected chi connectivity index (χ1v) is 8.00. The Morgan fingerprint density at radius 3 is 2.71 bits per heavy atom. The normalized spacial score (nSPS) is 14.9. The third-order valence-electron chi connectivity index (χ3n) is 3.97. The van der Waals surface area contributed by atoms with E-state index in [1.807, 2.05) is 11.6 Å². The average molecular weight is 304 g/mol. The summed E-state index contributed by atoms with van der Waals surface area (Å²) in [6.07, 6.45) is 4.69. The fraction of sp³-hybridized carbons (Fsp3) is 0.471. The topological polar surface area (TPSA) is 29.9 Å². The average Bonchev–Trinajstić information content (AvgIpc) is 3.18. The Morgan fingerprint density at radius 1 is 1.38 bits per heavy atom. The van der Waals surface area contributed by atoms with Crippen molar-refractivity contribution in [3.63, 3.8) is 0 Å². The maximum absolute atomic E-state index is 6.44. The zero-order valence-electron chi connectivity index (χ0n) is 12.9. The van der Waals surface area contributed by atoms with Crippen molar-refractivity contribution in [3.8, 4) is 11.1 Å². The van der Waals surface area contributed by atoms with Crippen LogP contribution in [0.25, 0.3) is 11.1 Å². The molecular weight excluding hydrogens is 282 g/mol. The first kappa shape index (κ1) is 14.6. The minimum atomic E-state index is 0.370. The van der Waals surface area contributed by atoms with E-state index in [2.05, 4.69) is 48.7 Å². The lowest BCUT2D eigenvalue weighted by Crippen LogP contribution is -2.15. The first-order valence-electron chi connectivity index (χ1n) is 7.62. The molecule has 0 radical (unpaired) electrons. The van der Waals surface area contributed by atoms with E-state index in [0.717, 1.165) is 28.4 Å². The van der Waals surface area contributed by atoms with Crippen LogP contribution in [0.2, 0.25) is 5.02 Å². The van der Waals surface area contributed by atoms with Crippen molar-refractivity contribution >= 4 is 11.6 Å². The summed E-state index contributed by atoms with van der Waals surface area (Å²) in [5.74, 6) is 0. The SMILES string of the molecule is Cc1nn(C(C)C)cc1-c1ccc(CNC2CC2)c(Cl)c1. The molecule has 0 amide bonds. The quantitative estimate of drug-likeness (QED) is 0.890. The van der Waals surface area contributed by atoms with Crippen LogP contribution in [0.15, 0.2) is 24.4 Å². The molecule has 4 heteroatoms. The molecule has 21 heavy (non-hydrogen) atoms. The van der Waals surface area contributed by atoms with Crippen molar-refractivity contribution in [2.75, 3.05) is 0 Å². The molecule has 3 rings (SSSR count). The second kappa shape index (κ2) is 5.82. The Morgan fingerprint density at radius 2 is 2.14 bits per heavy atom. The molecule has 0 spiro atoms. The van der Waals surface area contributed by atoms with Crippen LogP contribution in [0.5, 0.6) is 0 Å². The lowest BCUT2D eigenvalue weighted by atomic mass is 10.0. The number of nitrogens with zero attached hydrogens (tertiary/aromatic N) is 2. The fourth-order valence-corrected chi connectivity index (χ4v) is 2.68. The monoisotopic (exact) mass is 303 g/mol. The van der Waals surface area contributed by atoms with Crippen LogP contribution in [0, 0.1) is 6.92 Å². The van der Waals surface area contributed by atoms with Crippen LogP contribution >= 0.6 is 11.6 Å². The number of benzene rings is 1. The van der Waals surface area contributed by atoms with Gasteiger partial charge in [0, 0.05) is 35.4 Å². The predicted octanol–water partition coefficient (Wildman–Crippen LogP) is 4.34. The lowest BCUT2D eigenvalue weighted by molar-refractivity contribution is 0.529. The van der Waals surface area contributed by atoms with Crippen molar-refractivity contribution < 1.29 is 0 Å². The molecule has 1 aliphatic carbocycles. The number of rotatable bonds is 5. The largest absolute Gasteiger partial charge is 0.310 e. The van der Waals surface area contributed by atoms with Crippen LogP contribution in [0.3, 0.4) is 0 Å². The molecule has 112 valence electrons. The van der Waals surface area contributed by atoms with Crippen molar-refractivity contribution in [2.24, 2.45) is 0 Å². The maximum Gasteiger partial charge on any atom is 0.0672 e. The first-order chi connectivity index (χ1) is 10.0. The van der Waals surface area contributed by atoms with E-state index in [0.29, 0.717) is 12.1 Å². The van der Waals surface area contributed by atoms with Gasteiger partial charge in [0.15, 0.2) is 0 Å². The highest BCUT2D eigenvalue weighted by Crippen LogP contribution is 2.29. The highest BCUT2D eigenvalue weighted by atomic mass is 35.5. The van der Waals surface area contributed by atoms with Crippen LogP contribution in [0.4, 0.5) is 0 Å². The summed E-state index contributed by atoms with van der Waals surface area (Å²) >= 11 is 6.44. The summed E-state index contributed by atoms with van der Waals surface area (Å²) in [6.45, 7) is 7.17. The van der Waals surface area contributed by atoms with Gasteiger partial charge in [0.25, 0.3) is 0 Å². The zero-order valence-corrected chi connectivity index (χ0v) is 13.6. The number of hydrogen-bond acceptors (Lipinski definition) is 2. The molecule has 1 aliphatic rings. The van der Waals surface area contributed by atoms with Crippen molar-refractivity contribution in [2.45, 2.75) is 52.2 Å². The highest BCUT2D eigenvalue weighted by molar-refractivity contribution is 6.31. The van der Waals surface area contributed by atoms with E-state index in [4.69, 9.17) is 11.6 Å². The van der Waals surface area contributed by atoms with Gasteiger partial charge in [-0.15, -0.1) is 0 Å². The second-order valence-corrected chi connectivity index (χ2v) is 6.57. The van der Waals surface area contributed by atoms with Gasteiger partial charge in [0.1, 0.15) is 0 Å². The summed E-state index contributed by atoms with van der Waals surface area (Å²) < 4.78 is 2.00. The van der Waals surface area contributed by atoms with Crippen molar-refractivity contribution in [3.05, 3.63) is 40.7 Å². The highest BCUT2D eigenvalue weighted by Gasteiger charge is 2.20. The van der Waals surface area contributed by atoms with Crippen molar-refractivity contribution in [1.29, 1.82) is 0 Å². The Kier molecular flexibility index (Phi) is 4.05. The van der Waals surface area contributed by atoms with E-state index in [-0.39, 0.29) is 0 Å². The Labute approximate surface area is 131 Å². The van der Waals surface area contributed by atoms with E-state index in [1.54, 1.807) is 0 Å². The molecule has 1 N–H and O–H groups in total. The van der Waals surface area contributed by atoms with Gasteiger partial charge in [-0.1, -0.05) is 23.7 Å². The van der Waals surface area contributed by atoms with Gasteiger partial charge >= 0.3 is 0 Å².